The molecule has 1 atom stereocenters. The number of rotatable bonds is 9. The minimum absolute atomic E-state index is 0.104. The van der Waals surface area contributed by atoms with Crippen LogP contribution in [0.15, 0.2) is 42.5 Å². The number of hydrogen-bond donors (Lipinski definition) is 1. The van der Waals surface area contributed by atoms with Crippen LogP contribution in [0.5, 0.6) is 11.5 Å². The molecule has 182 valence electrons. The van der Waals surface area contributed by atoms with Crippen LogP contribution in [0.4, 0.5) is 4.39 Å². The summed E-state index contributed by atoms with van der Waals surface area (Å²) in [5.74, 6) is 0.874. The summed E-state index contributed by atoms with van der Waals surface area (Å²) in [6.45, 7) is 3.22. The van der Waals surface area contributed by atoms with Gasteiger partial charge >= 0.3 is 0 Å². The van der Waals surface area contributed by atoms with Gasteiger partial charge in [0.05, 0.1) is 0 Å². The van der Waals surface area contributed by atoms with Crippen molar-refractivity contribution in [1.29, 1.82) is 0 Å². The Labute approximate surface area is 200 Å². The van der Waals surface area contributed by atoms with E-state index in [1.165, 1.54) is 12.1 Å². The van der Waals surface area contributed by atoms with Crippen LogP contribution in [0.1, 0.15) is 56.6 Å². The van der Waals surface area contributed by atoms with Gasteiger partial charge in [0.25, 0.3) is 0 Å². The molecule has 2 aromatic rings. The fourth-order valence-electron chi connectivity index (χ4n) is 4.71. The fourth-order valence-corrected chi connectivity index (χ4v) is 4.71. The molecule has 0 unspecified atom stereocenters. The van der Waals surface area contributed by atoms with E-state index < -0.39 is 6.04 Å². The van der Waals surface area contributed by atoms with Crippen LogP contribution in [-0.4, -0.2) is 42.0 Å². The van der Waals surface area contributed by atoms with Crippen LogP contribution in [0.25, 0.3) is 0 Å². The molecule has 2 aromatic carbocycles. The molecule has 0 bridgehead atoms. The molecule has 0 saturated heterocycles. The fraction of sp³-hybridized carbons (Fsp3) is 0.481. The molecule has 7 heteroatoms. The van der Waals surface area contributed by atoms with Crippen molar-refractivity contribution in [3.63, 3.8) is 0 Å². The molecule has 0 spiro atoms. The zero-order valence-electron chi connectivity index (χ0n) is 19.7. The normalized spacial score (nSPS) is 16.2. The Morgan fingerprint density at radius 2 is 1.71 bits per heavy atom. The molecule has 1 aliphatic heterocycles. The summed E-state index contributed by atoms with van der Waals surface area (Å²) in [6.07, 6.45) is 5.50. The maximum absolute atomic E-state index is 13.4. The van der Waals surface area contributed by atoms with Crippen LogP contribution in [0.2, 0.25) is 0 Å². The molecular formula is C27H33FN2O4. The van der Waals surface area contributed by atoms with E-state index in [9.17, 15) is 14.0 Å². The monoisotopic (exact) mass is 468 g/mol. The van der Waals surface area contributed by atoms with Gasteiger partial charge in [-0.1, -0.05) is 38.0 Å². The molecule has 1 aliphatic carbocycles. The molecule has 1 heterocycles. The number of carbonyl (C=O) groups is 2. The number of ether oxygens (including phenoxy) is 2. The molecule has 1 N–H and O–H groups in total. The van der Waals surface area contributed by atoms with Crippen molar-refractivity contribution in [2.75, 3.05) is 13.2 Å². The van der Waals surface area contributed by atoms with E-state index in [0.717, 1.165) is 36.8 Å². The third-order valence-corrected chi connectivity index (χ3v) is 6.59. The zero-order valence-corrected chi connectivity index (χ0v) is 19.7. The summed E-state index contributed by atoms with van der Waals surface area (Å²) >= 11 is 0. The lowest BCUT2D eigenvalue weighted by molar-refractivity contribution is -0.141. The smallest absolute Gasteiger partial charge is 0.243 e. The van der Waals surface area contributed by atoms with Crippen LogP contribution >= 0.6 is 0 Å². The summed E-state index contributed by atoms with van der Waals surface area (Å²) in [6, 6.07) is 11.4. The van der Waals surface area contributed by atoms with Crippen molar-refractivity contribution in [2.45, 2.75) is 70.5 Å². The first kappa shape index (κ1) is 24.0. The molecule has 0 aromatic heterocycles. The second kappa shape index (κ2) is 11.4. The van der Waals surface area contributed by atoms with Crippen molar-refractivity contribution in [3.05, 3.63) is 59.4 Å². The third kappa shape index (κ3) is 6.07. The Balaban J connectivity index is 1.47. The topological polar surface area (TPSA) is 67.9 Å². The average molecular weight is 469 g/mol. The number of fused-ring (bicyclic) bond motifs is 1. The minimum atomic E-state index is -0.571. The van der Waals surface area contributed by atoms with Gasteiger partial charge in [0.1, 0.15) is 25.1 Å². The maximum atomic E-state index is 13.4. The number of halogens is 1. The molecular weight excluding hydrogens is 435 g/mol. The molecule has 2 aliphatic rings. The molecule has 2 amide bonds. The molecule has 34 heavy (non-hydrogen) atoms. The van der Waals surface area contributed by atoms with Gasteiger partial charge in [-0.2, -0.15) is 0 Å². The maximum Gasteiger partial charge on any atom is 0.243 e. The molecule has 4 rings (SSSR count). The predicted molar refractivity (Wildman–Crippen MR) is 127 cm³/mol. The van der Waals surface area contributed by atoms with E-state index in [1.807, 2.05) is 25.1 Å². The summed E-state index contributed by atoms with van der Waals surface area (Å²) in [5, 5.41) is 3.14. The quantitative estimate of drug-likeness (QED) is 0.593. The number of benzene rings is 2. The molecule has 1 saturated carbocycles. The highest BCUT2D eigenvalue weighted by molar-refractivity contribution is 5.88. The van der Waals surface area contributed by atoms with Crippen molar-refractivity contribution in [2.24, 2.45) is 0 Å². The van der Waals surface area contributed by atoms with Crippen LogP contribution in [-0.2, 0) is 22.6 Å². The summed E-state index contributed by atoms with van der Waals surface area (Å²) in [7, 11) is 0. The van der Waals surface area contributed by atoms with E-state index in [-0.39, 0.29) is 36.6 Å². The van der Waals surface area contributed by atoms with Gasteiger partial charge in [-0.05, 0) is 61.1 Å². The van der Waals surface area contributed by atoms with Crippen molar-refractivity contribution >= 4 is 11.8 Å². The minimum Gasteiger partial charge on any atom is -0.486 e. The zero-order chi connectivity index (χ0) is 23.9. The van der Waals surface area contributed by atoms with E-state index in [0.29, 0.717) is 37.6 Å². The van der Waals surface area contributed by atoms with Gasteiger partial charge in [0.2, 0.25) is 11.8 Å². The second-order valence-electron chi connectivity index (χ2n) is 9.04. The van der Waals surface area contributed by atoms with E-state index in [4.69, 9.17) is 9.47 Å². The van der Waals surface area contributed by atoms with Gasteiger partial charge in [0.15, 0.2) is 11.5 Å². The summed E-state index contributed by atoms with van der Waals surface area (Å²) in [4.78, 5) is 28.2. The van der Waals surface area contributed by atoms with Crippen LogP contribution < -0.4 is 14.8 Å². The second-order valence-corrected chi connectivity index (χ2v) is 9.04. The van der Waals surface area contributed by atoms with E-state index >= 15 is 0 Å². The highest BCUT2D eigenvalue weighted by Gasteiger charge is 2.30. The Morgan fingerprint density at radius 3 is 2.41 bits per heavy atom. The average Bonchev–Trinajstić information content (AvgIpc) is 3.36. The van der Waals surface area contributed by atoms with Crippen molar-refractivity contribution in [3.8, 4) is 11.5 Å². The predicted octanol–water partition coefficient (Wildman–Crippen LogP) is 4.40. The summed E-state index contributed by atoms with van der Waals surface area (Å²) < 4.78 is 24.7. The van der Waals surface area contributed by atoms with Gasteiger partial charge in [-0.15, -0.1) is 0 Å². The van der Waals surface area contributed by atoms with Crippen molar-refractivity contribution in [1.82, 2.24) is 10.2 Å². The number of carbonyl (C=O) groups excluding carboxylic acids is 2. The Bertz CT molecular complexity index is 989. The third-order valence-electron chi connectivity index (χ3n) is 6.59. The van der Waals surface area contributed by atoms with Gasteiger partial charge in [-0.25, -0.2) is 4.39 Å². The van der Waals surface area contributed by atoms with Gasteiger partial charge < -0.3 is 19.7 Å². The SMILES string of the molecule is CC[C@@H](C(=O)NC1CCCC1)N(Cc1ccc(F)cc1)C(=O)CCc1ccc2c(c1)OCCO2. The first-order valence-electron chi connectivity index (χ1n) is 12.3. The lowest BCUT2D eigenvalue weighted by atomic mass is 10.0. The molecule has 6 nitrogen and oxygen atoms in total. The lowest BCUT2D eigenvalue weighted by Gasteiger charge is -2.31. The number of amides is 2. The highest BCUT2D eigenvalue weighted by Crippen LogP contribution is 2.31. The van der Waals surface area contributed by atoms with Gasteiger partial charge in [0, 0.05) is 19.0 Å². The Kier molecular flexibility index (Phi) is 8.03. The van der Waals surface area contributed by atoms with Gasteiger partial charge in [-0.3, -0.25) is 9.59 Å². The molecule has 1 fully saturated rings. The van der Waals surface area contributed by atoms with Crippen LogP contribution in [0.3, 0.4) is 0 Å². The number of hydrogen-bond acceptors (Lipinski definition) is 4. The Morgan fingerprint density at radius 1 is 1.03 bits per heavy atom. The largest absolute Gasteiger partial charge is 0.486 e. The van der Waals surface area contributed by atoms with Crippen molar-refractivity contribution < 1.29 is 23.5 Å². The number of aryl methyl sites for hydroxylation is 1. The summed E-state index contributed by atoms with van der Waals surface area (Å²) in [5.41, 5.74) is 1.77. The Hall–Kier alpha value is -3.09. The number of nitrogens with one attached hydrogen (secondary N) is 1. The lowest BCUT2D eigenvalue weighted by Crippen LogP contribution is -2.51. The van der Waals surface area contributed by atoms with E-state index in [2.05, 4.69) is 5.32 Å². The first-order chi connectivity index (χ1) is 16.5. The molecule has 0 radical (unpaired) electrons. The van der Waals surface area contributed by atoms with Crippen LogP contribution in [0, 0.1) is 5.82 Å². The number of nitrogens with zero attached hydrogens (tertiary/aromatic N) is 1. The highest BCUT2D eigenvalue weighted by atomic mass is 19.1. The standard InChI is InChI=1S/C27H33FN2O4/c1-2-23(27(32)29-22-5-3-4-6-22)30(18-20-7-11-21(28)12-8-20)26(31)14-10-19-9-13-24-25(17-19)34-16-15-33-24/h7-9,11-13,17,22-23H,2-6,10,14-16,18H2,1H3,(H,29,32)/t23-/m0/s1. The van der Waals surface area contributed by atoms with E-state index in [1.54, 1.807) is 17.0 Å². The first-order valence-corrected chi connectivity index (χ1v) is 12.3.